The lowest BCUT2D eigenvalue weighted by Crippen LogP contribution is -2.43. The van der Waals surface area contributed by atoms with Crippen molar-refractivity contribution in [1.82, 2.24) is 15.1 Å². The molecule has 0 saturated carbocycles. The van der Waals surface area contributed by atoms with Gasteiger partial charge in [-0.05, 0) is 39.8 Å². The van der Waals surface area contributed by atoms with E-state index in [4.69, 9.17) is 0 Å². The number of nitrogens with zero attached hydrogens (tertiary/aromatic N) is 2. The van der Waals surface area contributed by atoms with Gasteiger partial charge in [0.15, 0.2) is 0 Å². The maximum absolute atomic E-state index is 12.4. The summed E-state index contributed by atoms with van der Waals surface area (Å²) in [5.74, 6) is 0.786. The first-order valence-electron chi connectivity index (χ1n) is 8.44. The summed E-state index contributed by atoms with van der Waals surface area (Å²) in [6, 6.07) is 0. The number of hydrogen-bond donors (Lipinski definition) is 1. The van der Waals surface area contributed by atoms with Crippen molar-refractivity contribution in [2.75, 3.05) is 39.3 Å². The summed E-state index contributed by atoms with van der Waals surface area (Å²) in [6.45, 7) is 20.6. The SMILES string of the molecule is CCN(CC)CCN(CC(C)C)C(=O)CCNC(C)(C)C. The highest BCUT2D eigenvalue weighted by atomic mass is 16.2. The minimum absolute atomic E-state index is 0.0738. The van der Waals surface area contributed by atoms with Gasteiger partial charge >= 0.3 is 0 Å². The fourth-order valence-electron chi connectivity index (χ4n) is 2.26. The molecule has 1 N–H and O–H groups in total. The molecule has 0 spiro atoms. The number of hydrogen-bond acceptors (Lipinski definition) is 3. The maximum Gasteiger partial charge on any atom is 0.223 e. The van der Waals surface area contributed by atoms with Crippen LogP contribution in [0.5, 0.6) is 0 Å². The van der Waals surface area contributed by atoms with Gasteiger partial charge in [0.05, 0.1) is 0 Å². The van der Waals surface area contributed by atoms with Crippen LogP contribution in [0.25, 0.3) is 0 Å². The molecule has 0 radical (unpaired) electrons. The summed E-state index contributed by atoms with van der Waals surface area (Å²) >= 11 is 0. The molecule has 0 aromatic rings. The van der Waals surface area contributed by atoms with E-state index in [0.717, 1.165) is 39.3 Å². The van der Waals surface area contributed by atoms with Gasteiger partial charge in [-0.1, -0.05) is 27.7 Å². The van der Waals surface area contributed by atoms with E-state index in [2.05, 4.69) is 58.7 Å². The Bertz CT molecular complexity index is 280. The molecule has 0 aromatic carbocycles. The molecule has 0 fully saturated rings. The van der Waals surface area contributed by atoms with E-state index in [9.17, 15) is 4.79 Å². The van der Waals surface area contributed by atoms with Gasteiger partial charge < -0.3 is 15.1 Å². The number of nitrogens with one attached hydrogen (secondary N) is 1. The highest BCUT2D eigenvalue weighted by Crippen LogP contribution is 2.04. The van der Waals surface area contributed by atoms with Crippen LogP contribution in [0.15, 0.2) is 0 Å². The third kappa shape index (κ3) is 10.7. The van der Waals surface area contributed by atoms with Crippen molar-refractivity contribution in [1.29, 1.82) is 0 Å². The molecular formula is C17H37N3O. The Morgan fingerprint density at radius 1 is 1.10 bits per heavy atom. The van der Waals surface area contributed by atoms with Gasteiger partial charge in [-0.2, -0.15) is 0 Å². The first kappa shape index (κ1) is 20.4. The Hall–Kier alpha value is -0.610. The first-order valence-corrected chi connectivity index (χ1v) is 8.44. The summed E-state index contributed by atoms with van der Waals surface area (Å²) in [7, 11) is 0. The smallest absolute Gasteiger partial charge is 0.223 e. The summed E-state index contributed by atoms with van der Waals surface area (Å²) < 4.78 is 0. The molecule has 0 rings (SSSR count). The summed E-state index contributed by atoms with van der Waals surface area (Å²) in [4.78, 5) is 16.8. The number of carbonyl (C=O) groups is 1. The van der Waals surface area contributed by atoms with Crippen LogP contribution < -0.4 is 5.32 Å². The van der Waals surface area contributed by atoms with Crippen molar-refractivity contribution < 1.29 is 4.79 Å². The van der Waals surface area contributed by atoms with E-state index in [-0.39, 0.29) is 11.4 Å². The zero-order valence-electron chi connectivity index (χ0n) is 15.3. The van der Waals surface area contributed by atoms with Crippen LogP contribution in [0, 0.1) is 5.92 Å². The van der Waals surface area contributed by atoms with E-state index >= 15 is 0 Å². The Morgan fingerprint density at radius 3 is 2.10 bits per heavy atom. The first-order chi connectivity index (χ1) is 9.69. The Balaban J connectivity index is 4.35. The molecule has 0 aliphatic carbocycles. The van der Waals surface area contributed by atoms with Crippen LogP contribution in [0.4, 0.5) is 0 Å². The number of likely N-dealkylation sites (N-methyl/N-ethyl adjacent to an activating group) is 1. The predicted molar refractivity (Wildman–Crippen MR) is 91.6 cm³/mol. The molecular weight excluding hydrogens is 262 g/mol. The van der Waals surface area contributed by atoms with Gasteiger partial charge in [-0.3, -0.25) is 4.79 Å². The van der Waals surface area contributed by atoms with E-state index < -0.39 is 0 Å². The van der Waals surface area contributed by atoms with Crippen LogP contribution >= 0.6 is 0 Å². The molecule has 4 heteroatoms. The predicted octanol–water partition coefficient (Wildman–Crippen LogP) is 2.59. The Kier molecular flexibility index (Phi) is 9.88. The van der Waals surface area contributed by atoms with E-state index in [0.29, 0.717) is 12.3 Å². The lowest BCUT2D eigenvalue weighted by atomic mass is 10.1. The van der Waals surface area contributed by atoms with E-state index in [1.165, 1.54) is 0 Å². The van der Waals surface area contributed by atoms with Crippen LogP contribution in [-0.2, 0) is 4.79 Å². The normalized spacial score (nSPS) is 12.2. The van der Waals surface area contributed by atoms with Crippen molar-refractivity contribution in [2.45, 2.75) is 60.4 Å². The highest BCUT2D eigenvalue weighted by molar-refractivity contribution is 5.76. The molecule has 0 unspecified atom stereocenters. The minimum Gasteiger partial charge on any atom is -0.341 e. The van der Waals surface area contributed by atoms with Gasteiger partial charge in [-0.25, -0.2) is 0 Å². The van der Waals surface area contributed by atoms with Crippen molar-refractivity contribution in [3.8, 4) is 0 Å². The molecule has 0 aliphatic rings. The second-order valence-corrected chi connectivity index (χ2v) is 7.19. The van der Waals surface area contributed by atoms with Gasteiger partial charge in [0.2, 0.25) is 5.91 Å². The number of carbonyl (C=O) groups excluding carboxylic acids is 1. The third-order valence-corrected chi connectivity index (χ3v) is 3.51. The fraction of sp³-hybridized carbons (Fsp3) is 0.941. The quantitative estimate of drug-likeness (QED) is 0.673. The number of rotatable bonds is 10. The molecule has 21 heavy (non-hydrogen) atoms. The Labute approximate surface area is 132 Å². The lowest BCUT2D eigenvalue weighted by Gasteiger charge is -2.28. The molecule has 4 nitrogen and oxygen atoms in total. The average Bonchev–Trinajstić information content (AvgIpc) is 2.36. The standard InChI is InChI=1S/C17H37N3O/c1-8-19(9-2)12-13-20(14-15(3)4)16(21)10-11-18-17(5,6)7/h15,18H,8-14H2,1-7H3. The van der Waals surface area contributed by atoms with Crippen molar-refractivity contribution in [3.05, 3.63) is 0 Å². The van der Waals surface area contributed by atoms with Crippen LogP contribution in [-0.4, -0.2) is 60.5 Å². The van der Waals surface area contributed by atoms with E-state index in [1.54, 1.807) is 0 Å². The zero-order valence-corrected chi connectivity index (χ0v) is 15.3. The topological polar surface area (TPSA) is 35.6 Å². The molecule has 126 valence electrons. The third-order valence-electron chi connectivity index (χ3n) is 3.51. The van der Waals surface area contributed by atoms with Gasteiger partial charge in [0.1, 0.15) is 0 Å². The van der Waals surface area contributed by atoms with Crippen LogP contribution in [0.3, 0.4) is 0 Å². The summed E-state index contributed by atoms with van der Waals surface area (Å²) in [5.41, 5.74) is 0.0738. The Morgan fingerprint density at radius 2 is 1.67 bits per heavy atom. The molecule has 0 saturated heterocycles. The highest BCUT2D eigenvalue weighted by Gasteiger charge is 2.16. The van der Waals surface area contributed by atoms with Crippen LogP contribution in [0.2, 0.25) is 0 Å². The molecule has 0 bridgehead atoms. The van der Waals surface area contributed by atoms with Crippen molar-refractivity contribution in [2.24, 2.45) is 5.92 Å². The lowest BCUT2D eigenvalue weighted by molar-refractivity contribution is -0.131. The molecule has 0 heterocycles. The van der Waals surface area contributed by atoms with E-state index in [1.807, 2.05) is 4.90 Å². The number of amides is 1. The fourth-order valence-corrected chi connectivity index (χ4v) is 2.26. The zero-order chi connectivity index (χ0) is 16.5. The van der Waals surface area contributed by atoms with Gasteiger partial charge in [0.25, 0.3) is 0 Å². The monoisotopic (exact) mass is 299 g/mol. The maximum atomic E-state index is 12.4. The summed E-state index contributed by atoms with van der Waals surface area (Å²) in [6.07, 6.45) is 0.586. The van der Waals surface area contributed by atoms with Crippen molar-refractivity contribution >= 4 is 5.91 Å². The minimum atomic E-state index is 0.0738. The average molecular weight is 300 g/mol. The van der Waals surface area contributed by atoms with Crippen LogP contribution in [0.1, 0.15) is 54.9 Å². The van der Waals surface area contributed by atoms with Gasteiger partial charge in [-0.15, -0.1) is 0 Å². The largest absolute Gasteiger partial charge is 0.341 e. The molecule has 1 amide bonds. The van der Waals surface area contributed by atoms with Crippen molar-refractivity contribution in [3.63, 3.8) is 0 Å². The molecule has 0 atom stereocenters. The second-order valence-electron chi connectivity index (χ2n) is 7.19. The summed E-state index contributed by atoms with van der Waals surface area (Å²) in [5, 5.41) is 3.39. The van der Waals surface area contributed by atoms with Gasteiger partial charge in [0, 0.05) is 38.1 Å². The molecule has 0 aliphatic heterocycles. The second kappa shape index (κ2) is 10.2. The molecule has 0 aromatic heterocycles.